The van der Waals surface area contributed by atoms with Crippen LogP contribution in [-0.4, -0.2) is 41.5 Å². The van der Waals surface area contributed by atoms with E-state index in [1.54, 1.807) is 12.1 Å². The number of amides is 1. The number of rotatable bonds is 6. The topological polar surface area (TPSA) is 101 Å². The number of anilines is 1. The molecule has 3 rings (SSSR count). The molecule has 11 heteroatoms. The second-order valence-corrected chi connectivity index (χ2v) is 10.0. The molecule has 0 unspecified atom stereocenters. The van der Waals surface area contributed by atoms with Crippen molar-refractivity contribution in [2.24, 2.45) is 0 Å². The van der Waals surface area contributed by atoms with E-state index >= 15 is 0 Å². The third-order valence-corrected chi connectivity index (χ3v) is 7.88. The van der Waals surface area contributed by atoms with Crippen molar-refractivity contribution in [1.29, 1.82) is 0 Å². The zero-order valence-electron chi connectivity index (χ0n) is 17.1. The predicted octanol–water partition coefficient (Wildman–Crippen LogP) is 3.32. The Labute approximate surface area is 191 Å². The smallest absolute Gasteiger partial charge is 0.287 e. The van der Waals surface area contributed by atoms with E-state index in [-0.39, 0.29) is 21.5 Å². The van der Waals surface area contributed by atoms with Crippen LogP contribution in [0.3, 0.4) is 0 Å². The number of halogens is 2. The van der Waals surface area contributed by atoms with E-state index in [9.17, 15) is 18.0 Å². The third-order valence-electron chi connectivity index (χ3n) is 5.15. The number of hydrogen-bond donors (Lipinski definition) is 1. The van der Waals surface area contributed by atoms with Crippen LogP contribution in [0.15, 0.2) is 34.1 Å². The maximum Gasteiger partial charge on any atom is 0.287 e. The lowest BCUT2D eigenvalue weighted by atomic mass is 10.1. The number of carbonyl (C=O) groups is 1. The van der Waals surface area contributed by atoms with Crippen LogP contribution >= 0.6 is 23.2 Å². The van der Waals surface area contributed by atoms with Gasteiger partial charge >= 0.3 is 0 Å². The SMILES string of the molecule is CCc1ccc(NC(=O)Cn2ncc(Cl)c(Cl)c2=O)cc1S(=O)(=O)N1CCCCCC1. The minimum absolute atomic E-state index is 0.00170. The van der Waals surface area contributed by atoms with Crippen LogP contribution < -0.4 is 10.9 Å². The summed E-state index contributed by atoms with van der Waals surface area (Å²) in [6.45, 7) is 2.48. The van der Waals surface area contributed by atoms with Gasteiger partial charge in [-0.25, -0.2) is 13.1 Å². The normalized spacial score (nSPS) is 15.5. The van der Waals surface area contributed by atoms with Crippen molar-refractivity contribution in [2.75, 3.05) is 18.4 Å². The summed E-state index contributed by atoms with van der Waals surface area (Å²) in [5, 5.41) is 6.21. The molecule has 0 spiro atoms. The minimum atomic E-state index is -3.68. The zero-order chi connectivity index (χ0) is 22.6. The maximum absolute atomic E-state index is 13.3. The first kappa shape index (κ1) is 23.7. The van der Waals surface area contributed by atoms with Crippen molar-refractivity contribution in [3.8, 4) is 0 Å². The van der Waals surface area contributed by atoms with E-state index < -0.39 is 21.5 Å². The second-order valence-electron chi connectivity index (χ2n) is 7.31. The first-order valence-electron chi connectivity index (χ1n) is 10.1. The van der Waals surface area contributed by atoms with Gasteiger partial charge in [0.2, 0.25) is 15.9 Å². The molecule has 1 aromatic heterocycles. The molecule has 1 N–H and O–H groups in total. The fourth-order valence-electron chi connectivity index (χ4n) is 3.48. The van der Waals surface area contributed by atoms with Crippen molar-refractivity contribution in [2.45, 2.75) is 50.5 Å². The molecule has 0 aliphatic carbocycles. The van der Waals surface area contributed by atoms with Crippen LogP contribution in [-0.2, 0) is 27.8 Å². The summed E-state index contributed by atoms with van der Waals surface area (Å²) in [5.41, 5.74) is 0.323. The molecule has 8 nitrogen and oxygen atoms in total. The monoisotopic (exact) mass is 486 g/mol. The number of nitrogens with one attached hydrogen (secondary N) is 1. The average molecular weight is 487 g/mol. The Morgan fingerprint density at radius 2 is 1.84 bits per heavy atom. The molecule has 31 heavy (non-hydrogen) atoms. The van der Waals surface area contributed by atoms with E-state index in [4.69, 9.17) is 23.2 Å². The van der Waals surface area contributed by atoms with Crippen LogP contribution in [0.2, 0.25) is 10.0 Å². The van der Waals surface area contributed by atoms with Crippen molar-refractivity contribution >= 4 is 44.8 Å². The molecule has 2 heterocycles. The van der Waals surface area contributed by atoms with E-state index in [1.165, 1.54) is 16.6 Å². The van der Waals surface area contributed by atoms with Gasteiger partial charge in [0.05, 0.1) is 16.1 Å². The van der Waals surface area contributed by atoms with Crippen molar-refractivity contribution in [1.82, 2.24) is 14.1 Å². The summed E-state index contributed by atoms with van der Waals surface area (Å²) in [5.74, 6) is -0.546. The van der Waals surface area contributed by atoms with Crippen molar-refractivity contribution in [3.05, 3.63) is 50.4 Å². The van der Waals surface area contributed by atoms with Crippen LogP contribution in [0.5, 0.6) is 0 Å². The highest BCUT2D eigenvalue weighted by atomic mass is 35.5. The summed E-state index contributed by atoms with van der Waals surface area (Å²) in [4.78, 5) is 24.7. The standard InChI is InChI=1S/C20H24Cl2N4O4S/c1-2-14-7-8-15(11-17(14)31(29,30)25-9-5-3-4-6-10-25)24-18(27)13-26-20(28)19(22)16(21)12-23-26/h7-8,11-12H,2-6,9-10,13H2,1H3,(H,24,27). The average Bonchev–Trinajstić information content (AvgIpc) is 3.04. The molecule has 1 aromatic carbocycles. The number of aryl methyl sites for hydroxylation is 1. The van der Waals surface area contributed by atoms with Crippen molar-refractivity contribution < 1.29 is 13.2 Å². The second kappa shape index (κ2) is 10.1. The van der Waals surface area contributed by atoms with E-state index in [2.05, 4.69) is 10.4 Å². The first-order chi connectivity index (χ1) is 14.7. The van der Waals surface area contributed by atoms with E-state index in [0.717, 1.165) is 30.4 Å². The highest BCUT2D eigenvalue weighted by Crippen LogP contribution is 2.26. The molecule has 1 saturated heterocycles. The Morgan fingerprint density at radius 3 is 2.48 bits per heavy atom. The van der Waals surface area contributed by atoms with E-state index in [0.29, 0.717) is 30.8 Å². The van der Waals surface area contributed by atoms with Gasteiger partial charge in [-0.3, -0.25) is 9.59 Å². The van der Waals surface area contributed by atoms with Crippen LogP contribution in [0, 0.1) is 0 Å². The molecule has 1 fully saturated rings. The molecule has 0 atom stereocenters. The van der Waals surface area contributed by atoms with Gasteiger partial charge in [-0.1, -0.05) is 49.0 Å². The van der Waals surface area contributed by atoms with Crippen LogP contribution in [0.1, 0.15) is 38.2 Å². The lowest BCUT2D eigenvalue weighted by Crippen LogP contribution is -2.33. The van der Waals surface area contributed by atoms with Gasteiger partial charge in [0.25, 0.3) is 5.56 Å². The van der Waals surface area contributed by atoms with Gasteiger partial charge in [0, 0.05) is 18.8 Å². The Balaban J connectivity index is 1.84. The molecule has 0 saturated carbocycles. The molecule has 0 bridgehead atoms. The fourth-order valence-corrected chi connectivity index (χ4v) is 5.59. The molecule has 1 aliphatic heterocycles. The molecule has 1 aliphatic rings. The summed E-state index contributed by atoms with van der Waals surface area (Å²) < 4.78 is 29.0. The lowest BCUT2D eigenvalue weighted by molar-refractivity contribution is -0.117. The number of aromatic nitrogens is 2. The van der Waals surface area contributed by atoms with Gasteiger partial charge in [-0.2, -0.15) is 9.40 Å². The Bertz CT molecular complexity index is 1130. The molecule has 2 aromatic rings. The van der Waals surface area contributed by atoms with Gasteiger partial charge in [0.1, 0.15) is 11.6 Å². The highest BCUT2D eigenvalue weighted by molar-refractivity contribution is 7.89. The summed E-state index contributed by atoms with van der Waals surface area (Å²) >= 11 is 11.6. The number of benzene rings is 1. The molecule has 1 amide bonds. The molecule has 0 radical (unpaired) electrons. The molecule has 168 valence electrons. The van der Waals surface area contributed by atoms with Gasteiger partial charge < -0.3 is 5.32 Å². The van der Waals surface area contributed by atoms with Crippen molar-refractivity contribution in [3.63, 3.8) is 0 Å². The molecular formula is C20H24Cl2N4O4S. The summed E-state index contributed by atoms with van der Waals surface area (Å²) in [7, 11) is -3.68. The minimum Gasteiger partial charge on any atom is -0.324 e. The maximum atomic E-state index is 13.3. The summed E-state index contributed by atoms with van der Waals surface area (Å²) in [6, 6.07) is 4.81. The lowest BCUT2D eigenvalue weighted by Gasteiger charge is -2.22. The predicted molar refractivity (Wildman–Crippen MR) is 120 cm³/mol. The summed E-state index contributed by atoms with van der Waals surface area (Å²) in [6.07, 6.45) is 5.43. The number of hydrogen-bond acceptors (Lipinski definition) is 5. The van der Waals surface area contributed by atoms with E-state index in [1.807, 2.05) is 6.92 Å². The number of sulfonamides is 1. The van der Waals surface area contributed by atoms with Crippen LogP contribution in [0.25, 0.3) is 0 Å². The third kappa shape index (κ3) is 5.46. The first-order valence-corrected chi connectivity index (χ1v) is 12.3. The largest absolute Gasteiger partial charge is 0.324 e. The van der Waals surface area contributed by atoms with Gasteiger partial charge in [-0.05, 0) is 37.0 Å². The highest BCUT2D eigenvalue weighted by Gasteiger charge is 2.27. The Kier molecular flexibility index (Phi) is 7.74. The fraction of sp³-hybridized carbons (Fsp3) is 0.450. The Morgan fingerprint density at radius 1 is 1.16 bits per heavy atom. The number of nitrogens with zero attached hydrogens (tertiary/aromatic N) is 3. The van der Waals surface area contributed by atoms with Crippen LogP contribution in [0.4, 0.5) is 5.69 Å². The van der Waals surface area contributed by atoms with Gasteiger partial charge in [0.15, 0.2) is 0 Å². The number of carbonyl (C=O) groups excluding carboxylic acids is 1. The Hall–Kier alpha value is -1.94. The zero-order valence-corrected chi connectivity index (χ0v) is 19.4. The van der Waals surface area contributed by atoms with Gasteiger partial charge in [-0.15, -0.1) is 0 Å². The molecular weight excluding hydrogens is 463 g/mol. The quantitative estimate of drug-likeness (QED) is 0.674.